The van der Waals surface area contributed by atoms with Crippen LogP contribution in [0.25, 0.3) is 89.7 Å². The number of benzene rings is 4. The summed E-state index contributed by atoms with van der Waals surface area (Å²) in [6.45, 7) is 12.2. The van der Waals surface area contributed by atoms with E-state index in [2.05, 4.69) is 227 Å². The molecule has 9 heterocycles. The molecule has 7 aromatic heterocycles. The summed E-state index contributed by atoms with van der Waals surface area (Å²) in [4.78, 5) is 48.5. The van der Waals surface area contributed by atoms with Gasteiger partial charge in [-0.15, -0.1) is 0 Å². The van der Waals surface area contributed by atoms with Crippen molar-refractivity contribution < 1.29 is 18.3 Å². The largest absolute Gasteiger partial charge is 0.324 e. The fraction of sp³-hybridized carbons (Fsp3) is 0.133. The number of H-pyrrole nitrogens is 2. The van der Waals surface area contributed by atoms with Crippen LogP contribution < -0.4 is 18.3 Å². The van der Waals surface area contributed by atoms with Crippen LogP contribution in [0.3, 0.4) is 0 Å². The minimum absolute atomic E-state index is 0.554. The van der Waals surface area contributed by atoms with Gasteiger partial charge in [0, 0.05) is 131 Å². The second kappa shape index (κ2) is 20.4. The van der Waals surface area contributed by atoms with Crippen LogP contribution in [-0.2, 0) is 26.2 Å². The molecular formula is C60H50N12S4+4. The summed E-state index contributed by atoms with van der Waals surface area (Å²) >= 11 is 6.85. The molecule has 8 bridgehead atoms. The highest BCUT2D eigenvalue weighted by Gasteiger charge is 2.24. The van der Waals surface area contributed by atoms with Gasteiger partial charge in [0.25, 0.3) is 0 Å². The summed E-state index contributed by atoms with van der Waals surface area (Å²) in [7, 11) is 0. The number of aryl methyl sites for hydroxylation is 4. The summed E-state index contributed by atoms with van der Waals surface area (Å²) in [5.74, 6) is 2.22. The standard InChI is InChI=1S/C60H50N12S4/c1-5-69-25-17-37(18-26-69)73-41-9-13-45-49(33-41)57-62-53(45)61-54-46-14-10-43(75-39-21-29-71(7-3)30-22-39)35-51(46)59(63-54)68-60-52-36-44(76-40-23-31-72(8-4)32-24-40)12-16-48(52)56(67-60)66-58-50-34-42(11-15-47(50)55(64-57)65-58)74-38-19-27-70(6-2)28-20-38/h9-36H,5-8H2,1-4H3,(H2,61,62,63,64,65,66,67,68)/q+4. The van der Waals surface area contributed by atoms with E-state index in [4.69, 9.17) is 29.9 Å². The van der Waals surface area contributed by atoms with Crippen LogP contribution in [-0.4, -0.2) is 39.9 Å². The number of rotatable bonds is 12. The number of hydrogen-bond acceptors (Lipinski definition) is 10. The van der Waals surface area contributed by atoms with Gasteiger partial charge in [0.1, 0.15) is 48.8 Å². The molecule has 0 atom stereocenters. The van der Waals surface area contributed by atoms with E-state index in [1.807, 2.05) is 0 Å². The van der Waals surface area contributed by atoms with Crippen LogP contribution in [0.15, 0.2) is 210 Å². The van der Waals surface area contributed by atoms with E-state index in [1.165, 1.54) is 0 Å². The second-order valence-electron chi connectivity index (χ2n) is 18.3. The van der Waals surface area contributed by atoms with Gasteiger partial charge < -0.3 is 9.97 Å². The maximum absolute atomic E-state index is 5.46. The predicted molar refractivity (Wildman–Crippen MR) is 302 cm³/mol. The lowest BCUT2D eigenvalue weighted by Gasteiger charge is -2.05. The van der Waals surface area contributed by atoms with Gasteiger partial charge in [-0.2, -0.15) is 0 Å². The molecule has 370 valence electrons. The average Bonchev–Trinajstić information content (AvgIpc) is 4.22. The molecule has 11 aromatic rings. The van der Waals surface area contributed by atoms with E-state index in [0.717, 1.165) is 109 Å². The average molecular weight is 1070 g/mol. The van der Waals surface area contributed by atoms with Gasteiger partial charge in [-0.25, -0.2) is 48.2 Å². The summed E-state index contributed by atoms with van der Waals surface area (Å²) in [6, 6.07) is 43.1. The Morgan fingerprint density at radius 3 is 0.882 bits per heavy atom. The molecule has 0 radical (unpaired) electrons. The molecule has 16 heteroatoms. The Labute approximate surface area is 455 Å². The molecule has 76 heavy (non-hydrogen) atoms. The first-order valence-electron chi connectivity index (χ1n) is 25.4. The molecule has 0 amide bonds. The lowest BCUT2D eigenvalue weighted by atomic mass is 10.1. The van der Waals surface area contributed by atoms with Gasteiger partial charge in [-0.05, 0) is 100 Å². The van der Waals surface area contributed by atoms with Crippen molar-refractivity contribution in [1.29, 1.82) is 0 Å². The van der Waals surface area contributed by atoms with Crippen molar-refractivity contribution in [3.8, 4) is 45.6 Å². The number of hydrogen-bond donors (Lipinski definition) is 2. The lowest BCUT2D eigenvalue weighted by Crippen LogP contribution is -2.30. The highest BCUT2D eigenvalue weighted by Crippen LogP contribution is 2.42. The lowest BCUT2D eigenvalue weighted by molar-refractivity contribution is -0.694. The SMILES string of the molecule is CC[n+]1ccc(Sc2ccc3c(c2)-c2nc-3nc3[nH]c(nc4nc(nc5[nH]c(n2)c2ccc(Sc6cc[n+](CC)cc6)cc52)-c2cc(Sc5cc[n+](CC)cc5)ccc2-4)c2ccc(Sc4cc[n+](CC)cc4)cc32)cc1. The highest BCUT2D eigenvalue weighted by molar-refractivity contribution is 8.00. The van der Waals surface area contributed by atoms with Gasteiger partial charge >= 0.3 is 0 Å². The third-order valence-electron chi connectivity index (χ3n) is 13.6. The zero-order valence-electron chi connectivity index (χ0n) is 42.1. The molecule has 4 aromatic carbocycles. The van der Waals surface area contributed by atoms with Crippen molar-refractivity contribution in [1.82, 2.24) is 39.9 Å². The molecular weight excluding hydrogens is 1020 g/mol. The van der Waals surface area contributed by atoms with Crippen molar-refractivity contribution in [2.24, 2.45) is 0 Å². The van der Waals surface area contributed by atoms with E-state index in [-0.39, 0.29) is 0 Å². The topological polar surface area (TPSA) is 124 Å². The second-order valence-corrected chi connectivity index (χ2v) is 22.9. The minimum Gasteiger partial charge on any atom is -0.324 e. The van der Waals surface area contributed by atoms with E-state index in [1.54, 1.807) is 47.0 Å². The number of aromatic amines is 2. The van der Waals surface area contributed by atoms with Crippen LogP contribution in [0.5, 0.6) is 0 Å². The Morgan fingerprint density at radius 2 is 0.566 bits per heavy atom. The quantitative estimate of drug-likeness (QED) is 0.114. The Hall–Kier alpha value is -7.76. The van der Waals surface area contributed by atoms with Crippen LogP contribution in [0.4, 0.5) is 0 Å². The van der Waals surface area contributed by atoms with E-state index in [9.17, 15) is 0 Å². The molecule has 13 rings (SSSR count). The fourth-order valence-corrected chi connectivity index (χ4v) is 12.8. The predicted octanol–water partition coefficient (Wildman–Crippen LogP) is 12.7. The first kappa shape index (κ1) is 47.9. The molecule has 0 fully saturated rings. The van der Waals surface area contributed by atoms with E-state index in [0.29, 0.717) is 45.9 Å². The molecule has 0 unspecified atom stereocenters. The Kier molecular flexibility index (Phi) is 12.9. The van der Waals surface area contributed by atoms with Crippen molar-refractivity contribution in [2.75, 3.05) is 0 Å². The van der Waals surface area contributed by atoms with Gasteiger partial charge in [0.05, 0.1) is 0 Å². The minimum atomic E-state index is 0.554. The monoisotopic (exact) mass is 1070 g/mol. The molecule has 2 aliphatic heterocycles. The zero-order chi connectivity index (χ0) is 51.3. The Bertz CT molecular complexity index is 4220. The summed E-state index contributed by atoms with van der Waals surface area (Å²) in [5, 5.41) is 3.66. The third-order valence-corrected chi connectivity index (χ3v) is 17.6. The molecule has 0 spiro atoms. The highest BCUT2D eigenvalue weighted by atomic mass is 32.2. The summed E-state index contributed by atoms with van der Waals surface area (Å²) in [5.41, 5.74) is 6.12. The number of pyridine rings is 4. The maximum atomic E-state index is 5.46. The molecule has 0 saturated carbocycles. The smallest absolute Gasteiger partial charge is 0.169 e. The molecule has 2 N–H and O–H groups in total. The zero-order valence-corrected chi connectivity index (χ0v) is 45.4. The van der Waals surface area contributed by atoms with Crippen LogP contribution in [0, 0.1) is 0 Å². The van der Waals surface area contributed by atoms with Crippen molar-refractivity contribution in [3.63, 3.8) is 0 Å². The fourth-order valence-electron chi connectivity index (χ4n) is 9.40. The van der Waals surface area contributed by atoms with E-state index >= 15 is 0 Å². The van der Waals surface area contributed by atoms with Crippen molar-refractivity contribution >= 4 is 91.2 Å². The Morgan fingerprint density at radius 1 is 0.289 bits per heavy atom. The number of nitrogens with one attached hydrogen (secondary N) is 2. The van der Waals surface area contributed by atoms with Gasteiger partial charge in [0.2, 0.25) is 0 Å². The first-order valence-corrected chi connectivity index (χ1v) is 28.7. The normalized spacial score (nSPS) is 11.8. The number of nitrogens with zero attached hydrogens (tertiary/aromatic N) is 10. The first-order chi connectivity index (χ1) is 37.3. The molecule has 12 nitrogen and oxygen atoms in total. The third kappa shape index (κ3) is 9.50. The molecule has 0 aliphatic carbocycles. The van der Waals surface area contributed by atoms with Crippen LogP contribution in [0.2, 0.25) is 0 Å². The van der Waals surface area contributed by atoms with Crippen LogP contribution >= 0.6 is 47.0 Å². The maximum Gasteiger partial charge on any atom is 0.169 e. The van der Waals surface area contributed by atoms with Gasteiger partial charge in [0.15, 0.2) is 72.9 Å². The summed E-state index contributed by atoms with van der Waals surface area (Å²) < 4.78 is 8.66. The molecule has 0 saturated heterocycles. The molecule has 2 aliphatic rings. The Balaban J connectivity index is 1.05. The van der Waals surface area contributed by atoms with Gasteiger partial charge in [-0.3, -0.25) is 0 Å². The number of fused-ring (bicyclic) bond motifs is 20. The van der Waals surface area contributed by atoms with E-state index < -0.39 is 0 Å². The van der Waals surface area contributed by atoms with Crippen molar-refractivity contribution in [3.05, 3.63) is 171 Å². The van der Waals surface area contributed by atoms with Gasteiger partial charge in [-0.1, -0.05) is 47.0 Å². The van der Waals surface area contributed by atoms with Crippen molar-refractivity contribution in [2.45, 2.75) is 93.0 Å². The number of aromatic nitrogens is 12. The van der Waals surface area contributed by atoms with Crippen LogP contribution in [0.1, 0.15) is 27.7 Å². The summed E-state index contributed by atoms with van der Waals surface area (Å²) in [6.07, 6.45) is 17.0.